The highest BCUT2D eigenvalue weighted by Gasteiger charge is 2.17. The molecule has 0 saturated carbocycles. The minimum absolute atomic E-state index is 0.0603. The number of aromatic nitrogens is 2. The van der Waals surface area contributed by atoms with E-state index in [4.69, 9.17) is 5.11 Å². The number of aryl methyl sites for hydroxylation is 1. The third-order valence-corrected chi connectivity index (χ3v) is 2.92. The van der Waals surface area contributed by atoms with Crippen LogP contribution in [0.5, 0.6) is 0 Å². The van der Waals surface area contributed by atoms with E-state index in [1.165, 1.54) is 23.6 Å². The van der Waals surface area contributed by atoms with Gasteiger partial charge < -0.3 is 5.11 Å². The van der Waals surface area contributed by atoms with Crippen LogP contribution in [0.15, 0.2) is 18.5 Å². The number of carbonyl (C=O) groups is 1. The zero-order valence-electron chi connectivity index (χ0n) is 8.27. The number of hydrogen-bond donors (Lipinski definition) is 1. The van der Waals surface area contributed by atoms with E-state index in [9.17, 15) is 9.18 Å². The normalized spacial score (nSPS) is 10.4. The molecule has 0 aliphatic rings. The first-order chi connectivity index (χ1) is 7.58. The molecule has 1 N–H and O–H groups in total. The number of carboxylic acid groups (broad SMARTS) is 1. The molecule has 0 bridgehead atoms. The van der Waals surface area contributed by atoms with E-state index in [0.29, 0.717) is 15.4 Å². The van der Waals surface area contributed by atoms with Crippen molar-refractivity contribution >= 4 is 17.3 Å². The summed E-state index contributed by atoms with van der Waals surface area (Å²) in [6.45, 7) is 1.70. The third-order valence-electron chi connectivity index (χ3n) is 1.90. The molecule has 2 heterocycles. The molecule has 0 aliphatic carbocycles. The number of rotatable bonds is 2. The standard InChI is InChI=1S/C10H7FN2O2S/c1-5-13-8(10(14)15)9(16-5)6-2-7(11)4-12-3-6/h2-4H,1H3,(H,14,15). The quantitative estimate of drug-likeness (QED) is 0.872. The summed E-state index contributed by atoms with van der Waals surface area (Å²) in [6.07, 6.45) is 2.49. The molecule has 2 rings (SSSR count). The van der Waals surface area contributed by atoms with Crippen molar-refractivity contribution in [3.63, 3.8) is 0 Å². The number of thiazole rings is 1. The van der Waals surface area contributed by atoms with Crippen molar-refractivity contribution < 1.29 is 14.3 Å². The Morgan fingerprint density at radius 2 is 2.25 bits per heavy atom. The smallest absolute Gasteiger partial charge is 0.356 e. The first-order valence-corrected chi connectivity index (χ1v) is 5.21. The topological polar surface area (TPSA) is 63.1 Å². The molecule has 4 nitrogen and oxygen atoms in total. The number of nitrogens with zero attached hydrogens (tertiary/aromatic N) is 2. The molecule has 0 spiro atoms. The lowest BCUT2D eigenvalue weighted by atomic mass is 10.2. The number of pyridine rings is 1. The molecule has 2 aromatic heterocycles. The molecular weight excluding hydrogens is 231 g/mol. The molecule has 0 amide bonds. The van der Waals surface area contributed by atoms with Gasteiger partial charge in [-0.05, 0) is 13.0 Å². The SMILES string of the molecule is Cc1nc(C(=O)O)c(-c2cncc(F)c2)s1. The van der Waals surface area contributed by atoms with Gasteiger partial charge >= 0.3 is 5.97 Å². The van der Waals surface area contributed by atoms with Crippen molar-refractivity contribution in [3.05, 3.63) is 35.0 Å². The lowest BCUT2D eigenvalue weighted by Crippen LogP contribution is -1.99. The Hall–Kier alpha value is -1.82. The van der Waals surface area contributed by atoms with Crippen molar-refractivity contribution in [1.82, 2.24) is 9.97 Å². The Labute approximate surface area is 94.4 Å². The molecule has 6 heteroatoms. The first-order valence-electron chi connectivity index (χ1n) is 4.39. The van der Waals surface area contributed by atoms with E-state index in [1.807, 2.05) is 0 Å². The maximum atomic E-state index is 13.0. The van der Waals surface area contributed by atoms with Crippen LogP contribution < -0.4 is 0 Å². The lowest BCUT2D eigenvalue weighted by Gasteiger charge is -1.97. The zero-order valence-corrected chi connectivity index (χ0v) is 9.08. The average molecular weight is 238 g/mol. The molecule has 0 saturated heterocycles. The predicted octanol–water partition coefficient (Wildman–Crippen LogP) is 2.35. The van der Waals surface area contributed by atoms with E-state index in [0.717, 1.165) is 6.20 Å². The highest BCUT2D eigenvalue weighted by atomic mass is 32.1. The number of halogens is 1. The van der Waals surface area contributed by atoms with Crippen molar-refractivity contribution in [1.29, 1.82) is 0 Å². The second kappa shape index (κ2) is 3.97. The van der Waals surface area contributed by atoms with Gasteiger partial charge in [-0.25, -0.2) is 14.2 Å². The second-order valence-corrected chi connectivity index (χ2v) is 4.31. The Kier molecular flexibility index (Phi) is 2.66. The summed E-state index contributed by atoms with van der Waals surface area (Å²) in [6, 6.07) is 1.24. The largest absolute Gasteiger partial charge is 0.476 e. The van der Waals surface area contributed by atoms with Crippen LogP contribution in [-0.2, 0) is 0 Å². The van der Waals surface area contributed by atoms with Gasteiger partial charge in [0.1, 0.15) is 5.82 Å². The maximum Gasteiger partial charge on any atom is 0.356 e. The van der Waals surface area contributed by atoms with E-state index in [-0.39, 0.29) is 5.69 Å². The summed E-state index contributed by atoms with van der Waals surface area (Å²) >= 11 is 1.21. The zero-order chi connectivity index (χ0) is 11.7. The van der Waals surface area contributed by atoms with Gasteiger partial charge in [-0.1, -0.05) is 0 Å². The molecular formula is C10H7FN2O2S. The monoisotopic (exact) mass is 238 g/mol. The van der Waals surface area contributed by atoms with Crippen LogP contribution in [0, 0.1) is 12.7 Å². The number of aromatic carboxylic acids is 1. The summed E-state index contributed by atoms with van der Waals surface area (Å²) in [7, 11) is 0. The fraction of sp³-hybridized carbons (Fsp3) is 0.100. The first kappa shape index (κ1) is 10.7. The Bertz CT molecular complexity index is 554. The van der Waals surface area contributed by atoms with E-state index >= 15 is 0 Å². The number of carboxylic acids is 1. The molecule has 0 unspecified atom stereocenters. The molecule has 0 fully saturated rings. The molecule has 0 atom stereocenters. The summed E-state index contributed by atoms with van der Waals surface area (Å²) in [4.78, 5) is 18.9. The average Bonchev–Trinajstić information content (AvgIpc) is 2.60. The van der Waals surface area contributed by atoms with Crippen LogP contribution in [0.2, 0.25) is 0 Å². The van der Waals surface area contributed by atoms with E-state index in [2.05, 4.69) is 9.97 Å². The van der Waals surface area contributed by atoms with Crippen LogP contribution in [0.3, 0.4) is 0 Å². The van der Waals surface area contributed by atoms with E-state index < -0.39 is 11.8 Å². The fourth-order valence-electron chi connectivity index (χ4n) is 1.30. The maximum absolute atomic E-state index is 13.0. The molecule has 16 heavy (non-hydrogen) atoms. The molecule has 0 aromatic carbocycles. The van der Waals surface area contributed by atoms with Gasteiger partial charge in [0.15, 0.2) is 5.69 Å². The Morgan fingerprint density at radius 1 is 1.50 bits per heavy atom. The Balaban J connectivity index is 2.59. The third kappa shape index (κ3) is 1.92. The molecule has 82 valence electrons. The van der Waals surface area contributed by atoms with Gasteiger partial charge in [-0.15, -0.1) is 11.3 Å². The molecule has 2 aromatic rings. The predicted molar refractivity (Wildman–Crippen MR) is 57.0 cm³/mol. The van der Waals surface area contributed by atoms with Crippen LogP contribution in [0.4, 0.5) is 4.39 Å². The van der Waals surface area contributed by atoms with Gasteiger partial charge in [-0.2, -0.15) is 0 Å². The lowest BCUT2D eigenvalue weighted by molar-refractivity contribution is 0.0692. The van der Waals surface area contributed by atoms with Crippen LogP contribution >= 0.6 is 11.3 Å². The fourth-order valence-corrected chi connectivity index (χ4v) is 2.20. The number of hydrogen-bond acceptors (Lipinski definition) is 4. The van der Waals surface area contributed by atoms with Crippen molar-refractivity contribution in [2.24, 2.45) is 0 Å². The summed E-state index contributed by atoms with van der Waals surface area (Å²) in [5.74, 6) is -1.62. The summed E-state index contributed by atoms with van der Waals surface area (Å²) in [5.41, 5.74) is 0.373. The van der Waals surface area contributed by atoms with Gasteiger partial charge in [0.05, 0.1) is 16.1 Å². The van der Waals surface area contributed by atoms with Crippen molar-refractivity contribution in [2.45, 2.75) is 6.92 Å². The van der Waals surface area contributed by atoms with Gasteiger partial charge in [0.2, 0.25) is 0 Å². The molecule has 0 aliphatic heterocycles. The summed E-state index contributed by atoms with van der Waals surface area (Å²) < 4.78 is 13.0. The van der Waals surface area contributed by atoms with Crippen molar-refractivity contribution in [3.8, 4) is 10.4 Å². The summed E-state index contributed by atoms with van der Waals surface area (Å²) in [5, 5.41) is 9.56. The minimum Gasteiger partial charge on any atom is -0.476 e. The van der Waals surface area contributed by atoms with Crippen LogP contribution in [-0.4, -0.2) is 21.0 Å². The van der Waals surface area contributed by atoms with Gasteiger partial charge in [-0.3, -0.25) is 4.98 Å². The van der Waals surface area contributed by atoms with E-state index in [1.54, 1.807) is 6.92 Å². The second-order valence-electron chi connectivity index (χ2n) is 3.11. The highest BCUT2D eigenvalue weighted by Crippen LogP contribution is 2.29. The molecule has 0 radical (unpaired) electrons. The van der Waals surface area contributed by atoms with Crippen LogP contribution in [0.25, 0.3) is 10.4 Å². The van der Waals surface area contributed by atoms with Gasteiger partial charge in [0.25, 0.3) is 0 Å². The van der Waals surface area contributed by atoms with Gasteiger partial charge in [0, 0.05) is 11.8 Å². The highest BCUT2D eigenvalue weighted by molar-refractivity contribution is 7.15. The Morgan fingerprint density at radius 3 is 2.88 bits per heavy atom. The van der Waals surface area contributed by atoms with Crippen LogP contribution in [0.1, 0.15) is 15.5 Å². The van der Waals surface area contributed by atoms with Crippen molar-refractivity contribution in [2.75, 3.05) is 0 Å². The minimum atomic E-state index is -1.12.